The van der Waals surface area contributed by atoms with Crippen molar-refractivity contribution in [1.82, 2.24) is 5.32 Å². The lowest BCUT2D eigenvalue weighted by atomic mass is 10.1. The van der Waals surface area contributed by atoms with E-state index in [1.165, 1.54) is 6.07 Å². The van der Waals surface area contributed by atoms with Crippen LogP contribution in [0.5, 0.6) is 0 Å². The van der Waals surface area contributed by atoms with Gasteiger partial charge in [-0.2, -0.15) is 0 Å². The van der Waals surface area contributed by atoms with E-state index in [0.29, 0.717) is 12.8 Å². The summed E-state index contributed by atoms with van der Waals surface area (Å²) in [5, 5.41) is 13.9. The number of terminal acetylenes is 1. The Hall–Kier alpha value is -2.55. The fraction of sp³-hybridized carbons (Fsp3) is 0.286. The van der Waals surface area contributed by atoms with E-state index in [1.807, 2.05) is 6.92 Å². The van der Waals surface area contributed by atoms with Crippen LogP contribution in [-0.2, 0) is 0 Å². The normalized spacial score (nSPS) is 11.2. The van der Waals surface area contributed by atoms with Crippen LogP contribution in [0.15, 0.2) is 18.2 Å². The lowest BCUT2D eigenvalue weighted by Gasteiger charge is -2.15. The third kappa shape index (κ3) is 4.28. The van der Waals surface area contributed by atoms with E-state index in [9.17, 15) is 14.0 Å². The Bertz CT molecular complexity index is 552. The van der Waals surface area contributed by atoms with Crippen molar-refractivity contribution in [3.8, 4) is 12.3 Å². The van der Waals surface area contributed by atoms with Gasteiger partial charge in [0.15, 0.2) is 0 Å². The number of urea groups is 1. The van der Waals surface area contributed by atoms with Gasteiger partial charge in [0, 0.05) is 12.5 Å². The molecule has 6 heteroatoms. The molecule has 0 saturated carbocycles. The van der Waals surface area contributed by atoms with Crippen LogP contribution in [0.25, 0.3) is 0 Å². The summed E-state index contributed by atoms with van der Waals surface area (Å²) in [6.07, 6.45) is 6.19. The first kappa shape index (κ1) is 15.5. The van der Waals surface area contributed by atoms with Gasteiger partial charge in [-0.15, -0.1) is 12.3 Å². The maximum Gasteiger partial charge on any atom is 0.337 e. The molecule has 1 unspecified atom stereocenters. The second-order valence-electron chi connectivity index (χ2n) is 4.11. The van der Waals surface area contributed by atoms with Crippen molar-refractivity contribution >= 4 is 17.7 Å². The predicted molar refractivity (Wildman–Crippen MR) is 73.0 cm³/mol. The molecule has 20 heavy (non-hydrogen) atoms. The van der Waals surface area contributed by atoms with Crippen molar-refractivity contribution in [2.24, 2.45) is 0 Å². The fourth-order valence-corrected chi connectivity index (χ4v) is 1.59. The molecule has 106 valence electrons. The highest BCUT2D eigenvalue weighted by molar-refractivity contribution is 6.00. The summed E-state index contributed by atoms with van der Waals surface area (Å²) in [4.78, 5) is 22.7. The molecule has 0 fully saturated rings. The van der Waals surface area contributed by atoms with E-state index < -0.39 is 17.8 Å². The van der Waals surface area contributed by atoms with Crippen LogP contribution in [0.2, 0.25) is 0 Å². The van der Waals surface area contributed by atoms with Crippen LogP contribution in [0, 0.1) is 18.2 Å². The number of hydrogen-bond donors (Lipinski definition) is 3. The maximum absolute atomic E-state index is 13.0. The molecule has 0 aromatic heterocycles. The zero-order valence-electron chi connectivity index (χ0n) is 10.9. The van der Waals surface area contributed by atoms with Crippen molar-refractivity contribution in [1.29, 1.82) is 0 Å². The standard InChI is InChI=1S/C14H15FN2O3/c1-3-5-10(4-2)16-14(20)17-12-7-6-9(15)8-11(12)13(18)19/h1,6-8,10H,4-5H2,2H3,(H,18,19)(H2,16,17,20). The predicted octanol–water partition coefficient (Wildman–Crippen LogP) is 2.45. The number of benzene rings is 1. The number of rotatable bonds is 5. The zero-order chi connectivity index (χ0) is 15.1. The van der Waals surface area contributed by atoms with Gasteiger partial charge in [0.05, 0.1) is 11.3 Å². The average Bonchev–Trinajstić information content (AvgIpc) is 2.40. The Kier molecular flexibility index (Phi) is 5.54. The molecule has 1 atom stereocenters. The van der Waals surface area contributed by atoms with Gasteiger partial charge in [-0.3, -0.25) is 0 Å². The minimum absolute atomic E-state index is 0.0203. The fourth-order valence-electron chi connectivity index (χ4n) is 1.59. The topological polar surface area (TPSA) is 78.4 Å². The summed E-state index contributed by atoms with van der Waals surface area (Å²) in [6.45, 7) is 1.86. The summed E-state index contributed by atoms with van der Waals surface area (Å²) in [5.74, 6) is 0.427. The van der Waals surface area contributed by atoms with Gasteiger partial charge in [-0.25, -0.2) is 14.0 Å². The van der Waals surface area contributed by atoms with Gasteiger partial charge >= 0.3 is 12.0 Å². The molecule has 3 N–H and O–H groups in total. The van der Waals surface area contributed by atoms with Crippen molar-refractivity contribution in [3.05, 3.63) is 29.6 Å². The summed E-state index contributed by atoms with van der Waals surface area (Å²) in [5.41, 5.74) is -0.294. The molecular weight excluding hydrogens is 263 g/mol. The Morgan fingerprint density at radius 1 is 1.50 bits per heavy atom. The molecule has 0 aliphatic heterocycles. The van der Waals surface area contributed by atoms with Crippen LogP contribution in [0.1, 0.15) is 30.1 Å². The molecule has 1 rings (SSSR count). The molecule has 0 bridgehead atoms. The number of carbonyl (C=O) groups excluding carboxylic acids is 1. The van der Waals surface area contributed by atoms with E-state index in [0.717, 1.165) is 12.1 Å². The molecule has 0 spiro atoms. The maximum atomic E-state index is 13.0. The number of anilines is 1. The number of halogens is 1. The zero-order valence-corrected chi connectivity index (χ0v) is 10.9. The molecule has 0 heterocycles. The van der Waals surface area contributed by atoms with Gasteiger partial charge < -0.3 is 15.7 Å². The van der Waals surface area contributed by atoms with Crippen LogP contribution in [0.3, 0.4) is 0 Å². The quantitative estimate of drug-likeness (QED) is 0.724. The highest BCUT2D eigenvalue weighted by atomic mass is 19.1. The minimum atomic E-state index is -1.32. The van der Waals surface area contributed by atoms with E-state index in [-0.39, 0.29) is 17.3 Å². The smallest absolute Gasteiger partial charge is 0.337 e. The third-order valence-corrected chi connectivity index (χ3v) is 2.65. The highest BCUT2D eigenvalue weighted by Crippen LogP contribution is 2.17. The number of hydrogen-bond acceptors (Lipinski definition) is 2. The number of nitrogens with one attached hydrogen (secondary N) is 2. The van der Waals surface area contributed by atoms with Gasteiger partial charge in [0.1, 0.15) is 5.82 Å². The van der Waals surface area contributed by atoms with Crippen LogP contribution in [-0.4, -0.2) is 23.1 Å². The van der Waals surface area contributed by atoms with Crippen LogP contribution >= 0.6 is 0 Å². The Morgan fingerprint density at radius 3 is 2.75 bits per heavy atom. The lowest BCUT2D eigenvalue weighted by Crippen LogP contribution is -2.37. The Balaban J connectivity index is 2.81. The van der Waals surface area contributed by atoms with Gasteiger partial charge in [-0.05, 0) is 24.6 Å². The number of carboxylic acids is 1. The third-order valence-electron chi connectivity index (χ3n) is 2.65. The molecule has 0 aliphatic carbocycles. The second kappa shape index (κ2) is 7.14. The summed E-state index contributed by atoms with van der Waals surface area (Å²) in [7, 11) is 0. The molecule has 0 saturated heterocycles. The first-order chi connectivity index (χ1) is 9.47. The summed E-state index contributed by atoms with van der Waals surface area (Å²) >= 11 is 0. The molecule has 0 aliphatic rings. The van der Waals surface area contributed by atoms with Gasteiger partial charge in [0.25, 0.3) is 0 Å². The molecule has 0 radical (unpaired) electrons. The SMILES string of the molecule is C#CCC(CC)NC(=O)Nc1ccc(F)cc1C(=O)O. The first-order valence-electron chi connectivity index (χ1n) is 6.01. The number of aromatic carboxylic acids is 1. The van der Waals surface area contributed by atoms with Crippen molar-refractivity contribution in [3.63, 3.8) is 0 Å². The van der Waals surface area contributed by atoms with E-state index >= 15 is 0 Å². The van der Waals surface area contributed by atoms with Crippen LogP contribution < -0.4 is 10.6 Å². The largest absolute Gasteiger partial charge is 0.478 e. The number of carbonyl (C=O) groups is 2. The average molecular weight is 278 g/mol. The number of amides is 2. The Labute approximate surface area is 116 Å². The van der Waals surface area contributed by atoms with E-state index in [4.69, 9.17) is 11.5 Å². The van der Waals surface area contributed by atoms with Gasteiger partial charge in [-0.1, -0.05) is 6.92 Å². The molecule has 1 aromatic carbocycles. The summed E-state index contributed by atoms with van der Waals surface area (Å²) < 4.78 is 13.0. The Morgan fingerprint density at radius 2 is 2.20 bits per heavy atom. The summed E-state index contributed by atoms with van der Waals surface area (Å²) in [6, 6.07) is 2.33. The minimum Gasteiger partial charge on any atom is -0.478 e. The molecule has 2 amide bonds. The van der Waals surface area contributed by atoms with E-state index in [1.54, 1.807) is 0 Å². The monoisotopic (exact) mass is 278 g/mol. The molecule has 1 aromatic rings. The van der Waals surface area contributed by atoms with Crippen molar-refractivity contribution in [2.45, 2.75) is 25.8 Å². The van der Waals surface area contributed by atoms with E-state index in [2.05, 4.69) is 16.6 Å². The molecular formula is C14H15FN2O3. The van der Waals surface area contributed by atoms with Crippen molar-refractivity contribution < 1.29 is 19.1 Å². The lowest BCUT2D eigenvalue weighted by molar-refractivity contribution is 0.0697. The van der Waals surface area contributed by atoms with Gasteiger partial charge in [0.2, 0.25) is 0 Å². The van der Waals surface area contributed by atoms with Crippen molar-refractivity contribution in [2.75, 3.05) is 5.32 Å². The highest BCUT2D eigenvalue weighted by Gasteiger charge is 2.15. The molecule has 5 nitrogen and oxygen atoms in total. The second-order valence-corrected chi connectivity index (χ2v) is 4.11. The first-order valence-corrected chi connectivity index (χ1v) is 6.01. The van der Waals surface area contributed by atoms with Crippen LogP contribution in [0.4, 0.5) is 14.9 Å². The number of carboxylic acid groups (broad SMARTS) is 1.